The van der Waals surface area contributed by atoms with Crippen LogP contribution in [0.25, 0.3) is 11.2 Å². The van der Waals surface area contributed by atoms with E-state index in [0.29, 0.717) is 30.7 Å². The van der Waals surface area contributed by atoms with Crippen LogP contribution in [0.2, 0.25) is 0 Å². The molecule has 13 heteroatoms. The van der Waals surface area contributed by atoms with Gasteiger partial charge >= 0.3 is 5.97 Å². The van der Waals surface area contributed by atoms with Crippen LogP contribution in [0.1, 0.15) is 38.8 Å². The minimum absolute atomic E-state index is 0.0147. The van der Waals surface area contributed by atoms with Crippen molar-refractivity contribution in [3.63, 3.8) is 0 Å². The monoisotopic (exact) mass is 466 g/mol. The zero-order valence-corrected chi connectivity index (χ0v) is 18.7. The molecule has 3 rings (SSSR count). The van der Waals surface area contributed by atoms with E-state index < -0.39 is 36.6 Å². The van der Waals surface area contributed by atoms with E-state index in [2.05, 4.69) is 21.9 Å². The highest BCUT2D eigenvalue weighted by atomic mass is 16.6. The van der Waals surface area contributed by atoms with E-state index in [1.165, 1.54) is 17.2 Å². The number of carbonyl (C=O) groups is 1. The van der Waals surface area contributed by atoms with Crippen LogP contribution in [0.15, 0.2) is 12.7 Å². The summed E-state index contributed by atoms with van der Waals surface area (Å²) in [7, 11) is 0. The van der Waals surface area contributed by atoms with E-state index in [1.54, 1.807) is 0 Å². The second-order valence-electron chi connectivity index (χ2n) is 8.50. The molecule has 1 aliphatic rings. The van der Waals surface area contributed by atoms with Gasteiger partial charge in [-0.2, -0.15) is 0 Å². The molecule has 1 saturated heterocycles. The van der Waals surface area contributed by atoms with E-state index in [-0.39, 0.29) is 24.8 Å². The lowest BCUT2D eigenvalue weighted by molar-refractivity contribution is -0.138. The smallest absolute Gasteiger partial charge is 0.320 e. The number of aliphatic carboxylic acids is 1. The van der Waals surface area contributed by atoms with Crippen LogP contribution in [0.5, 0.6) is 0 Å². The molecule has 9 N–H and O–H groups in total. The van der Waals surface area contributed by atoms with Crippen LogP contribution in [-0.4, -0.2) is 95.7 Å². The van der Waals surface area contributed by atoms with Crippen LogP contribution in [-0.2, 0) is 9.53 Å². The summed E-state index contributed by atoms with van der Waals surface area (Å²) in [5.74, 6) is -0.869. The van der Waals surface area contributed by atoms with Gasteiger partial charge in [0.15, 0.2) is 17.7 Å². The minimum atomic E-state index is -1.23. The first-order valence-corrected chi connectivity index (χ1v) is 11.1. The zero-order valence-electron chi connectivity index (χ0n) is 18.7. The average Bonchev–Trinajstić information content (AvgIpc) is 3.32. The van der Waals surface area contributed by atoms with Crippen LogP contribution < -0.4 is 17.2 Å². The lowest BCUT2D eigenvalue weighted by Crippen LogP contribution is -2.43. The molecule has 3 heterocycles. The van der Waals surface area contributed by atoms with Gasteiger partial charge in [-0.25, -0.2) is 15.0 Å². The predicted molar refractivity (Wildman–Crippen MR) is 120 cm³/mol. The number of aromatic nitrogens is 4. The van der Waals surface area contributed by atoms with Crippen LogP contribution in [0, 0.1) is 0 Å². The number of carboxylic acid groups (broad SMARTS) is 1. The van der Waals surface area contributed by atoms with Gasteiger partial charge in [0, 0.05) is 19.1 Å². The van der Waals surface area contributed by atoms with E-state index in [1.807, 2.05) is 4.90 Å². The Bertz CT molecular complexity index is 927. The summed E-state index contributed by atoms with van der Waals surface area (Å²) < 4.78 is 7.54. The summed E-state index contributed by atoms with van der Waals surface area (Å²) >= 11 is 0. The number of anilines is 1. The fourth-order valence-corrected chi connectivity index (χ4v) is 4.02. The largest absolute Gasteiger partial charge is 0.480 e. The molecule has 184 valence electrons. The fraction of sp³-hybridized carbons (Fsp3) is 0.700. The summed E-state index contributed by atoms with van der Waals surface area (Å²) in [6.07, 6.45) is 1.45. The van der Waals surface area contributed by atoms with Gasteiger partial charge in [-0.15, -0.1) is 0 Å². The van der Waals surface area contributed by atoms with Gasteiger partial charge in [-0.3, -0.25) is 9.36 Å². The average molecular weight is 467 g/mol. The summed E-state index contributed by atoms with van der Waals surface area (Å²) in [5.41, 5.74) is 18.4. The third-order valence-electron chi connectivity index (χ3n) is 5.99. The maximum absolute atomic E-state index is 11.1. The minimum Gasteiger partial charge on any atom is -0.480 e. The zero-order chi connectivity index (χ0) is 24.1. The summed E-state index contributed by atoms with van der Waals surface area (Å²) in [6, 6.07) is -0.979. The van der Waals surface area contributed by atoms with Crippen molar-refractivity contribution in [2.24, 2.45) is 11.5 Å². The number of hydrogen-bond donors (Lipinski definition) is 6. The number of hydrogen-bond acceptors (Lipinski definition) is 11. The summed E-state index contributed by atoms with van der Waals surface area (Å²) in [6.45, 7) is 3.30. The van der Waals surface area contributed by atoms with Gasteiger partial charge in [0.2, 0.25) is 0 Å². The van der Waals surface area contributed by atoms with Crippen LogP contribution in [0.3, 0.4) is 0 Å². The Hall–Kier alpha value is -2.42. The van der Waals surface area contributed by atoms with Crippen molar-refractivity contribution in [3.8, 4) is 0 Å². The first-order chi connectivity index (χ1) is 15.7. The Morgan fingerprint density at radius 1 is 1.18 bits per heavy atom. The fourth-order valence-electron chi connectivity index (χ4n) is 4.02. The number of aliphatic hydroxyl groups is 2. The van der Waals surface area contributed by atoms with Crippen molar-refractivity contribution in [2.45, 2.75) is 69.2 Å². The van der Waals surface area contributed by atoms with Crippen molar-refractivity contribution in [1.82, 2.24) is 24.4 Å². The molecule has 1 fully saturated rings. The first kappa shape index (κ1) is 25.2. The maximum atomic E-state index is 11.1. The third kappa shape index (κ3) is 5.93. The number of aliphatic hydroxyl groups excluding tert-OH is 2. The number of rotatable bonds is 12. The maximum Gasteiger partial charge on any atom is 0.320 e. The molecule has 0 bridgehead atoms. The van der Waals surface area contributed by atoms with Crippen molar-refractivity contribution in [2.75, 3.05) is 25.4 Å². The number of carboxylic acids is 1. The summed E-state index contributed by atoms with van der Waals surface area (Å²) in [5, 5.41) is 30.5. The van der Waals surface area contributed by atoms with Gasteiger partial charge in [-0.05, 0) is 25.8 Å². The molecule has 1 unspecified atom stereocenters. The second kappa shape index (κ2) is 11.1. The highest BCUT2D eigenvalue weighted by molar-refractivity contribution is 5.81. The number of nitrogen functional groups attached to an aromatic ring is 1. The first-order valence-electron chi connectivity index (χ1n) is 11.1. The number of nitrogens with two attached hydrogens (primary N) is 3. The molecule has 13 nitrogen and oxygen atoms in total. The van der Waals surface area contributed by atoms with Gasteiger partial charge in [-0.1, -0.05) is 13.3 Å². The highest BCUT2D eigenvalue weighted by Gasteiger charge is 2.44. The highest BCUT2D eigenvalue weighted by Crippen LogP contribution is 2.32. The Labute approximate surface area is 191 Å². The second-order valence-corrected chi connectivity index (χ2v) is 8.50. The Balaban J connectivity index is 1.71. The molecule has 0 spiro atoms. The van der Waals surface area contributed by atoms with Gasteiger partial charge in [0.1, 0.15) is 36.2 Å². The normalized spacial score (nSPS) is 25.0. The van der Waals surface area contributed by atoms with Gasteiger partial charge in [0.05, 0.1) is 6.33 Å². The van der Waals surface area contributed by atoms with Crippen LogP contribution in [0.4, 0.5) is 5.82 Å². The van der Waals surface area contributed by atoms with Gasteiger partial charge in [0.25, 0.3) is 0 Å². The number of fused-ring (bicyclic) bond motifs is 1. The lowest BCUT2D eigenvalue weighted by atomic mass is 10.1. The van der Waals surface area contributed by atoms with E-state index in [0.717, 1.165) is 12.8 Å². The molecular weight excluding hydrogens is 432 g/mol. The predicted octanol–water partition coefficient (Wildman–Crippen LogP) is -1.35. The molecule has 1 aliphatic heterocycles. The van der Waals surface area contributed by atoms with E-state index in [9.17, 15) is 15.0 Å². The topological polar surface area (TPSA) is 212 Å². The molecule has 6 atom stereocenters. The molecule has 0 saturated carbocycles. The summed E-state index contributed by atoms with van der Waals surface area (Å²) in [4.78, 5) is 25.3. The lowest BCUT2D eigenvalue weighted by Gasteiger charge is -2.28. The molecule has 0 aromatic carbocycles. The number of imidazole rings is 1. The van der Waals surface area contributed by atoms with Gasteiger partial charge < -0.3 is 42.2 Å². The van der Waals surface area contributed by atoms with Crippen molar-refractivity contribution < 1.29 is 24.9 Å². The molecular formula is C20H34N8O5. The Morgan fingerprint density at radius 3 is 2.61 bits per heavy atom. The van der Waals surface area contributed by atoms with Crippen LogP contribution >= 0.6 is 0 Å². The number of ether oxygens (including phenoxy) is 1. The molecule has 0 aliphatic carbocycles. The van der Waals surface area contributed by atoms with Crippen molar-refractivity contribution >= 4 is 23.0 Å². The SMILES string of the molecule is CCCC(N)CCN(CC[C@H](N)C(=O)O)C[C@H]1O[C@@H](n2cnc3c(N)ncnc32)[C@H](O)[C@@H]1O. The van der Waals surface area contributed by atoms with E-state index in [4.69, 9.17) is 27.0 Å². The quantitative estimate of drug-likeness (QED) is 0.214. The molecule has 33 heavy (non-hydrogen) atoms. The van der Waals surface area contributed by atoms with Crippen molar-refractivity contribution in [3.05, 3.63) is 12.7 Å². The third-order valence-corrected chi connectivity index (χ3v) is 5.99. The molecule has 0 radical (unpaired) electrons. The number of nitrogens with zero attached hydrogens (tertiary/aromatic N) is 5. The molecule has 0 amide bonds. The molecule has 2 aromatic rings. The molecule has 2 aromatic heterocycles. The van der Waals surface area contributed by atoms with E-state index >= 15 is 0 Å². The van der Waals surface area contributed by atoms with Crippen molar-refractivity contribution in [1.29, 1.82) is 0 Å². The Kier molecular flexibility index (Phi) is 8.51. The Morgan fingerprint density at radius 2 is 1.91 bits per heavy atom. The standard InChI is InChI=1S/C20H34N8O5/c1-2-3-11(21)4-6-27(7-5-12(22)20(31)32)8-13-15(29)16(30)19(33-13)28-10-26-14-17(23)24-9-25-18(14)28/h9-13,15-16,19,29-30H,2-8,21-22H2,1H3,(H,31,32)(H2,23,24,25)/t11?,12-,13+,15+,16+,19+/m0/s1.